The van der Waals surface area contributed by atoms with Gasteiger partial charge in [0.05, 0.1) is 11.8 Å². The SMILES string of the molecule is Cn1cc(-c2ccc(/C=C/c3ccncc3C#N)s2)cn1. The molecule has 3 aromatic heterocycles. The van der Waals surface area contributed by atoms with E-state index in [0.29, 0.717) is 5.56 Å². The van der Waals surface area contributed by atoms with E-state index >= 15 is 0 Å². The van der Waals surface area contributed by atoms with Gasteiger partial charge in [-0.2, -0.15) is 10.4 Å². The molecule has 0 unspecified atom stereocenters. The van der Waals surface area contributed by atoms with Crippen LogP contribution in [-0.2, 0) is 7.05 Å². The molecule has 21 heavy (non-hydrogen) atoms. The summed E-state index contributed by atoms with van der Waals surface area (Å²) < 4.78 is 1.79. The van der Waals surface area contributed by atoms with Gasteiger partial charge in [0.1, 0.15) is 6.07 Å². The molecule has 0 fully saturated rings. The fourth-order valence-corrected chi connectivity index (χ4v) is 2.85. The van der Waals surface area contributed by atoms with Crippen molar-refractivity contribution < 1.29 is 0 Å². The van der Waals surface area contributed by atoms with E-state index in [2.05, 4.69) is 28.3 Å². The van der Waals surface area contributed by atoms with E-state index in [9.17, 15) is 0 Å². The summed E-state index contributed by atoms with van der Waals surface area (Å²) in [5.41, 5.74) is 2.57. The van der Waals surface area contributed by atoms with Crippen LogP contribution in [0.3, 0.4) is 0 Å². The van der Waals surface area contributed by atoms with Crippen LogP contribution in [0, 0.1) is 11.3 Å². The van der Waals surface area contributed by atoms with Crippen LogP contribution in [0.4, 0.5) is 0 Å². The Morgan fingerprint density at radius 1 is 1.24 bits per heavy atom. The molecule has 0 saturated heterocycles. The third-order valence-electron chi connectivity index (χ3n) is 3.02. The first-order valence-corrected chi connectivity index (χ1v) is 7.19. The molecule has 0 atom stereocenters. The van der Waals surface area contributed by atoms with E-state index in [1.54, 1.807) is 28.4 Å². The lowest BCUT2D eigenvalue weighted by Gasteiger charge is -1.94. The van der Waals surface area contributed by atoms with Gasteiger partial charge in [0.15, 0.2) is 0 Å². The molecule has 0 aliphatic heterocycles. The lowest BCUT2D eigenvalue weighted by molar-refractivity contribution is 0.768. The normalized spacial score (nSPS) is 10.9. The van der Waals surface area contributed by atoms with Crippen LogP contribution in [0.15, 0.2) is 43.0 Å². The summed E-state index contributed by atoms with van der Waals surface area (Å²) in [5, 5.41) is 13.2. The second kappa shape index (κ2) is 5.73. The Bertz CT molecular complexity index is 836. The Hall–Kier alpha value is -2.71. The van der Waals surface area contributed by atoms with Crippen molar-refractivity contribution in [3.63, 3.8) is 0 Å². The lowest BCUT2D eigenvalue weighted by Crippen LogP contribution is -1.83. The Morgan fingerprint density at radius 2 is 2.14 bits per heavy atom. The number of hydrogen-bond acceptors (Lipinski definition) is 4. The second-order valence-corrected chi connectivity index (χ2v) is 5.63. The largest absolute Gasteiger partial charge is 0.275 e. The van der Waals surface area contributed by atoms with Crippen molar-refractivity contribution in [2.24, 2.45) is 7.05 Å². The molecule has 0 saturated carbocycles. The van der Waals surface area contributed by atoms with Crippen LogP contribution in [0.25, 0.3) is 22.6 Å². The van der Waals surface area contributed by atoms with Crippen molar-refractivity contribution in [1.82, 2.24) is 14.8 Å². The number of thiophene rings is 1. The van der Waals surface area contributed by atoms with E-state index in [0.717, 1.165) is 16.0 Å². The van der Waals surface area contributed by atoms with Gasteiger partial charge in [-0.3, -0.25) is 9.67 Å². The zero-order chi connectivity index (χ0) is 14.7. The average molecular weight is 292 g/mol. The first-order chi connectivity index (χ1) is 10.3. The minimum absolute atomic E-state index is 0.581. The fraction of sp³-hybridized carbons (Fsp3) is 0.0625. The van der Waals surface area contributed by atoms with Crippen molar-refractivity contribution in [2.75, 3.05) is 0 Å². The minimum Gasteiger partial charge on any atom is -0.275 e. The monoisotopic (exact) mass is 292 g/mol. The Morgan fingerprint density at radius 3 is 2.90 bits per heavy atom. The zero-order valence-electron chi connectivity index (χ0n) is 11.4. The Kier molecular flexibility index (Phi) is 3.63. The van der Waals surface area contributed by atoms with Gasteiger partial charge in [0, 0.05) is 41.0 Å². The van der Waals surface area contributed by atoms with Crippen molar-refractivity contribution >= 4 is 23.5 Å². The van der Waals surface area contributed by atoms with Crippen LogP contribution in [0.1, 0.15) is 16.0 Å². The summed E-state index contributed by atoms with van der Waals surface area (Å²) >= 11 is 1.69. The molecule has 3 rings (SSSR count). The predicted molar refractivity (Wildman–Crippen MR) is 84.4 cm³/mol. The summed E-state index contributed by atoms with van der Waals surface area (Å²) in [6, 6.07) is 8.13. The maximum Gasteiger partial charge on any atom is 0.101 e. The molecule has 0 spiro atoms. The van der Waals surface area contributed by atoms with Crippen LogP contribution in [-0.4, -0.2) is 14.8 Å². The van der Waals surface area contributed by atoms with Crippen molar-refractivity contribution in [1.29, 1.82) is 5.26 Å². The van der Waals surface area contributed by atoms with Crippen molar-refractivity contribution in [3.05, 3.63) is 59.0 Å². The van der Waals surface area contributed by atoms with Crippen molar-refractivity contribution in [2.45, 2.75) is 0 Å². The maximum absolute atomic E-state index is 9.04. The van der Waals surface area contributed by atoms with E-state index in [1.807, 2.05) is 37.7 Å². The third kappa shape index (κ3) is 2.91. The molecule has 3 heterocycles. The van der Waals surface area contributed by atoms with Crippen LogP contribution in [0.2, 0.25) is 0 Å². The van der Waals surface area contributed by atoms with Crippen LogP contribution < -0.4 is 0 Å². The average Bonchev–Trinajstić information content (AvgIpc) is 3.14. The van der Waals surface area contributed by atoms with Gasteiger partial charge in [-0.15, -0.1) is 11.3 Å². The molecule has 0 N–H and O–H groups in total. The van der Waals surface area contributed by atoms with E-state index in [4.69, 9.17) is 5.26 Å². The maximum atomic E-state index is 9.04. The Balaban J connectivity index is 1.84. The first-order valence-electron chi connectivity index (χ1n) is 6.37. The molecular formula is C16H12N4S. The van der Waals surface area contributed by atoms with Gasteiger partial charge in [-0.05, 0) is 29.8 Å². The highest BCUT2D eigenvalue weighted by Crippen LogP contribution is 2.28. The molecule has 0 amide bonds. The summed E-state index contributed by atoms with van der Waals surface area (Å²) in [4.78, 5) is 6.27. The highest BCUT2D eigenvalue weighted by molar-refractivity contribution is 7.16. The van der Waals surface area contributed by atoms with Crippen LogP contribution >= 0.6 is 11.3 Å². The van der Waals surface area contributed by atoms with Crippen LogP contribution in [0.5, 0.6) is 0 Å². The van der Waals surface area contributed by atoms with Gasteiger partial charge in [-0.25, -0.2) is 0 Å². The van der Waals surface area contributed by atoms with Gasteiger partial charge < -0.3 is 0 Å². The molecule has 0 radical (unpaired) electrons. The van der Waals surface area contributed by atoms with Gasteiger partial charge in [0.25, 0.3) is 0 Å². The van der Waals surface area contributed by atoms with Gasteiger partial charge in [0.2, 0.25) is 0 Å². The number of aromatic nitrogens is 3. The molecular weight excluding hydrogens is 280 g/mol. The molecule has 0 bridgehead atoms. The number of aryl methyl sites for hydroxylation is 1. The fourth-order valence-electron chi connectivity index (χ4n) is 1.96. The number of hydrogen-bond donors (Lipinski definition) is 0. The molecule has 0 aromatic carbocycles. The van der Waals surface area contributed by atoms with Crippen molar-refractivity contribution in [3.8, 4) is 16.5 Å². The highest BCUT2D eigenvalue weighted by Gasteiger charge is 2.03. The number of rotatable bonds is 3. The minimum atomic E-state index is 0.581. The second-order valence-electron chi connectivity index (χ2n) is 4.51. The molecule has 0 aliphatic rings. The zero-order valence-corrected chi connectivity index (χ0v) is 12.2. The van der Waals surface area contributed by atoms with Gasteiger partial charge in [-0.1, -0.05) is 6.08 Å². The lowest BCUT2D eigenvalue weighted by atomic mass is 10.1. The topological polar surface area (TPSA) is 54.5 Å². The smallest absolute Gasteiger partial charge is 0.101 e. The first kappa shape index (κ1) is 13.3. The Labute approximate surface area is 126 Å². The third-order valence-corrected chi connectivity index (χ3v) is 4.12. The molecule has 0 aliphatic carbocycles. The van der Waals surface area contributed by atoms with E-state index in [-0.39, 0.29) is 0 Å². The standard InChI is InChI=1S/C16H12N4S/c1-20-11-14(10-19-20)16-5-4-15(21-16)3-2-12-6-7-18-9-13(12)8-17/h2-7,9-11H,1H3/b3-2+. The molecule has 3 aromatic rings. The molecule has 5 heteroatoms. The quantitative estimate of drug-likeness (QED) is 0.741. The van der Waals surface area contributed by atoms with E-state index in [1.165, 1.54) is 4.88 Å². The summed E-state index contributed by atoms with van der Waals surface area (Å²) in [7, 11) is 1.91. The van der Waals surface area contributed by atoms with Gasteiger partial charge >= 0.3 is 0 Å². The molecule has 4 nitrogen and oxygen atoms in total. The number of pyridine rings is 1. The summed E-state index contributed by atoms with van der Waals surface area (Å²) in [5.74, 6) is 0. The summed E-state index contributed by atoms with van der Waals surface area (Å²) in [6.07, 6.45) is 11.1. The predicted octanol–water partition coefficient (Wildman–Crippen LogP) is 3.59. The number of nitrogens with zero attached hydrogens (tertiary/aromatic N) is 4. The van der Waals surface area contributed by atoms with E-state index < -0.39 is 0 Å². The summed E-state index contributed by atoms with van der Waals surface area (Å²) in [6.45, 7) is 0. The highest BCUT2D eigenvalue weighted by atomic mass is 32.1. The molecule has 102 valence electrons. The number of nitriles is 1.